The maximum atomic E-state index is 11.4. The van der Waals surface area contributed by atoms with Crippen LogP contribution in [0.15, 0.2) is 11.1 Å². The Morgan fingerprint density at radius 1 is 1.44 bits per heavy atom. The molecule has 0 spiro atoms. The zero-order chi connectivity index (χ0) is 11.5. The number of aromatic nitrogens is 2. The van der Waals surface area contributed by atoms with Crippen molar-refractivity contribution in [3.05, 3.63) is 20.3 Å². The van der Waals surface area contributed by atoms with E-state index in [0.717, 1.165) is 25.7 Å². The quantitative estimate of drug-likeness (QED) is 0.707. The molecule has 0 aromatic carbocycles. The van der Waals surface area contributed by atoms with Crippen LogP contribution in [0.4, 0.5) is 5.82 Å². The van der Waals surface area contributed by atoms with Crippen molar-refractivity contribution in [1.82, 2.24) is 9.97 Å². The zero-order valence-electron chi connectivity index (χ0n) is 8.74. The van der Waals surface area contributed by atoms with E-state index >= 15 is 0 Å². The lowest BCUT2D eigenvalue weighted by Crippen LogP contribution is -2.29. The van der Waals surface area contributed by atoms with E-state index in [1.54, 1.807) is 0 Å². The van der Waals surface area contributed by atoms with E-state index < -0.39 is 0 Å². The molecule has 0 atom stereocenters. The highest BCUT2D eigenvalue weighted by molar-refractivity contribution is 14.1. The fraction of sp³-hybridized carbons (Fsp3) is 0.600. The summed E-state index contributed by atoms with van der Waals surface area (Å²) < 4.78 is 0.589. The number of anilines is 1. The minimum absolute atomic E-state index is 0.117. The Bertz CT molecular complexity index is 413. The van der Waals surface area contributed by atoms with E-state index in [1.807, 2.05) is 22.6 Å². The molecule has 16 heavy (non-hydrogen) atoms. The number of nitrogens with one attached hydrogen (secondary N) is 2. The average Bonchev–Trinajstić information content (AvgIpc) is 2.28. The Hall–Kier alpha value is -0.630. The number of rotatable bonds is 2. The van der Waals surface area contributed by atoms with Gasteiger partial charge >= 0.3 is 0 Å². The Morgan fingerprint density at radius 3 is 2.81 bits per heavy atom. The fourth-order valence-corrected chi connectivity index (χ4v) is 2.35. The molecule has 1 aliphatic carbocycles. The van der Waals surface area contributed by atoms with Crippen molar-refractivity contribution in [1.29, 1.82) is 0 Å². The second-order valence-electron chi connectivity index (χ2n) is 4.04. The van der Waals surface area contributed by atoms with Crippen molar-refractivity contribution in [3.8, 4) is 0 Å². The van der Waals surface area contributed by atoms with Gasteiger partial charge in [-0.1, -0.05) is 0 Å². The molecule has 0 bridgehead atoms. The van der Waals surface area contributed by atoms with Gasteiger partial charge in [-0.15, -0.1) is 0 Å². The van der Waals surface area contributed by atoms with E-state index in [4.69, 9.17) is 0 Å². The van der Waals surface area contributed by atoms with Gasteiger partial charge in [-0.3, -0.25) is 4.79 Å². The van der Waals surface area contributed by atoms with Crippen molar-refractivity contribution in [2.45, 2.75) is 37.8 Å². The molecular formula is C10H14IN3O2. The molecule has 0 aliphatic heterocycles. The molecule has 1 aromatic rings. The first-order valence-electron chi connectivity index (χ1n) is 5.34. The monoisotopic (exact) mass is 335 g/mol. The van der Waals surface area contributed by atoms with Gasteiger partial charge in [-0.05, 0) is 48.3 Å². The van der Waals surface area contributed by atoms with Crippen LogP contribution >= 0.6 is 22.6 Å². The molecule has 0 saturated heterocycles. The van der Waals surface area contributed by atoms with E-state index in [1.165, 1.54) is 6.33 Å². The molecule has 6 heteroatoms. The van der Waals surface area contributed by atoms with Crippen molar-refractivity contribution < 1.29 is 5.11 Å². The fourth-order valence-electron chi connectivity index (χ4n) is 1.90. The molecule has 0 radical (unpaired) electrons. The van der Waals surface area contributed by atoms with Gasteiger partial charge in [-0.2, -0.15) is 0 Å². The molecule has 1 fully saturated rings. The highest BCUT2D eigenvalue weighted by atomic mass is 127. The van der Waals surface area contributed by atoms with Gasteiger partial charge in [0.1, 0.15) is 9.39 Å². The molecule has 0 unspecified atom stereocenters. The molecule has 88 valence electrons. The van der Waals surface area contributed by atoms with Gasteiger partial charge in [0.15, 0.2) is 0 Å². The zero-order valence-corrected chi connectivity index (χ0v) is 10.9. The predicted molar refractivity (Wildman–Crippen MR) is 69.5 cm³/mol. The first kappa shape index (κ1) is 11.8. The van der Waals surface area contributed by atoms with Crippen LogP contribution in [0, 0.1) is 3.57 Å². The molecule has 1 heterocycles. The van der Waals surface area contributed by atoms with Crippen molar-refractivity contribution in [2.24, 2.45) is 0 Å². The second-order valence-corrected chi connectivity index (χ2v) is 5.12. The van der Waals surface area contributed by atoms with Crippen LogP contribution in [-0.2, 0) is 0 Å². The second kappa shape index (κ2) is 5.13. The topological polar surface area (TPSA) is 78.0 Å². The molecular weight excluding hydrogens is 321 g/mol. The first-order chi connectivity index (χ1) is 7.66. The summed E-state index contributed by atoms with van der Waals surface area (Å²) in [6, 6.07) is 0.311. The summed E-state index contributed by atoms with van der Waals surface area (Å²) in [5.74, 6) is 0.644. The number of aromatic amines is 1. The Kier molecular flexibility index (Phi) is 3.80. The van der Waals surface area contributed by atoms with Crippen molar-refractivity contribution >= 4 is 28.4 Å². The first-order valence-corrected chi connectivity index (χ1v) is 6.42. The van der Waals surface area contributed by atoms with Gasteiger partial charge in [0, 0.05) is 6.04 Å². The number of halogens is 1. The van der Waals surface area contributed by atoms with Gasteiger partial charge in [0.25, 0.3) is 5.56 Å². The average molecular weight is 335 g/mol. The lowest BCUT2D eigenvalue weighted by molar-refractivity contribution is 0.126. The third kappa shape index (κ3) is 2.73. The molecule has 2 rings (SSSR count). The van der Waals surface area contributed by atoms with Gasteiger partial charge in [0.05, 0.1) is 12.4 Å². The number of nitrogens with zero attached hydrogens (tertiary/aromatic N) is 1. The van der Waals surface area contributed by atoms with E-state index in [0.29, 0.717) is 15.4 Å². The van der Waals surface area contributed by atoms with Gasteiger partial charge < -0.3 is 15.4 Å². The van der Waals surface area contributed by atoms with Crippen LogP contribution in [-0.4, -0.2) is 27.2 Å². The number of aliphatic hydroxyl groups excluding tert-OH is 1. The van der Waals surface area contributed by atoms with Crippen molar-refractivity contribution in [3.63, 3.8) is 0 Å². The number of hydrogen-bond donors (Lipinski definition) is 3. The number of H-pyrrole nitrogens is 1. The standard InChI is InChI=1S/C10H14IN3O2/c11-8-9(12-5-13-10(8)16)14-6-1-3-7(15)4-2-6/h5-7,15H,1-4H2,(H2,12,13,14,16). The van der Waals surface area contributed by atoms with Crippen LogP contribution in [0.1, 0.15) is 25.7 Å². The summed E-state index contributed by atoms with van der Waals surface area (Å²) >= 11 is 1.99. The largest absolute Gasteiger partial charge is 0.393 e. The Labute approximate surface area is 107 Å². The summed E-state index contributed by atoms with van der Waals surface area (Å²) in [6.45, 7) is 0. The minimum atomic E-state index is -0.163. The van der Waals surface area contributed by atoms with E-state index in [2.05, 4.69) is 15.3 Å². The van der Waals surface area contributed by atoms with Gasteiger partial charge in [0.2, 0.25) is 0 Å². The minimum Gasteiger partial charge on any atom is -0.393 e. The smallest absolute Gasteiger partial charge is 0.266 e. The van der Waals surface area contributed by atoms with Crippen LogP contribution in [0.5, 0.6) is 0 Å². The molecule has 5 nitrogen and oxygen atoms in total. The molecule has 1 aliphatic rings. The summed E-state index contributed by atoms with van der Waals surface area (Å²) in [5.41, 5.74) is -0.117. The summed E-state index contributed by atoms with van der Waals surface area (Å²) in [4.78, 5) is 18.0. The third-order valence-electron chi connectivity index (χ3n) is 2.83. The normalized spacial score (nSPS) is 25.4. The highest BCUT2D eigenvalue weighted by Crippen LogP contribution is 2.22. The van der Waals surface area contributed by atoms with Crippen LogP contribution in [0.25, 0.3) is 0 Å². The van der Waals surface area contributed by atoms with Crippen molar-refractivity contribution in [2.75, 3.05) is 5.32 Å². The summed E-state index contributed by atoms with van der Waals surface area (Å²) in [5, 5.41) is 12.7. The maximum absolute atomic E-state index is 11.4. The lowest BCUT2D eigenvalue weighted by Gasteiger charge is -2.26. The van der Waals surface area contributed by atoms with Crippen LogP contribution < -0.4 is 10.9 Å². The Morgan fingerprint density at radius 2 is 2.12 bits per heavy atom. The molecule has 3 N–H and O–H groups in total. The molecule has 0 amide bonds. The summed E-state index contributed by atoms with van der Waals surface area (Å²) in [7, 11) is 0. The lowest BCUT2D eigenvalue weighted by atomic mass is 9.93. The third-order valence-corrected chi connectivity index (χ3v) is 3.83. The van der Waals surface area contributed by atoms with E-state index in [-0.39, 0.29) is 11.7 Å². The molecule has 1 aromatic heterocycles. The maximum Gasteiger partial charge on any atom is 0.266 e. The van der Waals surface area contributed by atoms with Crippen LogP contribution in [0.3, 0.4) is 0 Å². The van der Waals surface area contributed by atoms with Crippen LogP contribution in [0.2, 0.25) is 0 Å². The summed E-state index contributed by atoms with van der Waals surface area (Å²) in [6.07, 6.45) is 4.72. The predicted octanol–water partition coefficient (Wildman–Crippen LogP) is 1.09. The van der Waals surface area contributed by atoms with E-state index in [9.17, 15) is 9.90 Å². The number of hydrogen-bond acceptors (Lipinski definition) is 4. The Balaban J connectivity index is 2.04. The number of aliphatic hydroxyl groups is 1. The molecule has 1 saturated carbocycles. The SMILES string of the molecule is O=c1[nH]cnc(NC2CCC(O)CC2)c1I. The van der Waals surface area contributed by atoms with Gasteiger partial charge in [-0.25, -0.2) is 4.98 Å². The highest BCUT2D eigenvalue weighted by Gasteiger charge is 2.20.